The molecule has 3 rings (SSSR count). The van der Waals surface area contributed by atoms with Gasteiger partial charge in [0.2, 0.25) is 5.88 Å². The third kappa shape index (κ3) is 2.95. The van der Waals surface area contributed by atoms with E-state index in [9.17, 15) is 0 Å². The van der Waals surface area contributed by atoms with Crippen LogP contribution in [0.4, 0.5) is 0 Å². The zero-order valence-electron chi connectivity index (χ0n) is 12.5. The summed E-state index contributed by atoms with van der Waals surface area (Å²) in [6, 6.07) is 3.71. The van der Waals surface area contributed by atoms with Gasteiger partial charge in [-0.05, 0) is 13.0 Å². The monoisotopic (exact) mass is 299 g/mol. The first-order valence-corrected chi connectivity index (χ1v) is 7.07. The van der Waals surface area contributed by atoms with Gasteiger partial charge in [-0.1, -0.05) is 5.21 Å². The summed E-state index contributed by atoms with van der Waals surface area (Å²) in [5, 5.41) is 16.3. The summed E-state index contributed by atoms with van der Waals surface area (Å²) < 4.78 is 8.86. The van der Waals surface area contributed by atoms with Gasteiger partial charge < -0.3 is 9.30 Å². The largest absolute Gasteiger partial charge is 0.481 e. The summed E-state index contributed by atoms with van der Waals surface area (Å²) in [6.07, 6.45) is 6.12. The van der Waals surface area contributed by atoms with Crippen LogP contribution in [0.3, 0.4) is 0 Å². The van der Waals surface area contributed by atoms with Crippen molar-refractivity contribution < 1.29 is 4.74 Å². The Labute approximate surface area is 127 Å². The Morgan fingerprint density at radius 2 is 2.14 bits per heavy atom. The van der Waals surface area contributed by atoms with Crippen molar-refractivity contribution in [1.82, 2.24) is 34.7 Å². The van der Waals surface area contributed by atoms with Gasteiger partial charge in [0, 0.05) is 37.3 Å². The molecule has 0 fully saturated rings. The molecule has 0 aliphatic rings. The molecule has 0 aliphatic heterocycles. The van der Waals surface area contributed by atoms with E-state index in [-0.39, 0.29) is 0 Å². The van der Waals surface area contributed by atoms with Crippen molar-refractivity contribution in [2.45, 2.75) is 26.4 Å². The van der Waals surface area contributed by atoms with Crippen molar-refractivity contribution in [3.8, 4) is 17.1 Å². The Bertz CT molecular complexity index is 732. The second kappa shape index (κ2) is 6.33. The van der Waals surface area contributed by atoms with Gasteiger partial charge in [0.25, 0.3) is 0 Å². The molecule has 22 heavy (non-hydrogen) atoms. The summed E-state index contributed by atoms with van der Waals surface area (Å²) in [7, 11) is 1.59. The molecular weight excluding hydrogens is 282 g/mol. The lowest BCUT2D eigenvalue weighted by Gasteiger charge is -2.02. The van der Waals surface area contributed by atoms with Gasteiger partial charge in [-0.25, -0.2) is 4.98 Å². The molecule has 0 N–H and O–H groups in total. The molecule has 3 aromatic heterocycles. The number of hydrogen-bond acceptors (Lipinski definition) is 6. The first kappa shape index (κ1) is 14.2. The van der Waals surface area contributed by atoms with Crippen LogP contribution in [0.1, 0.15) is 12.7 Å². The molecule has 0 saturated heterocycles. The van der Waals surface area contributed by atoms with Gasteiger partial charge in [0.05, 0.1) is 13.3 Å². The molecule has 0 radical (unpaired) electrons. The third-order valence-electron chi connectivity index (χ3n) is 3.38. The minimum atomic E-state index is 0.579. The first-order chi connectivity index (χ1) is 10.8. The van der Waals surface area contributed by atoms with E-state index in [1.54, 1.807) is 30.4 Å². The van der Waals surface area contributed by atoms with Crippen molar-refractivity contribution in [2.24, 2.45) is 0 Å². The molecule has 8 heteroatoms. The lowest BCUT2D eigenvalue weighted by atomic mass is 10.2. The van der Waals surface area contributed by atoms with Crippen molar-refractivity contribution in [1.29, 1.82) is 0 Å². The first-order valence-electron chi connectivity index (χ1n) is 7.07. The van der Waals surface area contributed by atoms with Crippen LogP contribution in [0.5, 0.6) is 5.88 Å². The van der Waals surface area contributed by atoms with E-state index in [4.69, 9.17) is 4.74 Å². The summed E-state index contributed by atoms with van der Waals surface area (Å²) >= 11 is 0. The molecule has 3 heterocycles. The third-order valence-corrected chi connectivity index (χ3v) is 3.38. The number of hydrogen-bond donors (Lipinski definition) is 0. The molecular formula is C14H17N7O. The van der Waals surface area contributed by atoms with Gasteiger partial charge in [0.1, 0.15) is 17.8 Å². The van der Waals surface area contributed by atoms with E-state index in [1.807, 2.05) is 16.8 Å². The van der Waals surface area contributed by atoms with Gasteiger partial charge in [0.15, 0.2) is 0 Å². The average Bonchev–Trinajstić information content (AvgIpc) is 3.21. The van der Waals surface area contributed by atoms with E-state index < -0.39 is 0 Å². The Morgan fingerprint density at radius 1 is 1.23 bits per heavy atom. The molecule has 114 valence electrons. The van der Waals surface area contributed by atoms with Crippen LogP contribution in [0.25, 0.3) is 11.3 Å². The van der Waals surface area contributed by atoms with Crippen LogP contribution >= 0.6 is 0 Å². The molecule has 0 aromatic carbocycles. The maximum Gasteiger partial charge on any atom is 0.212 e. The average molecular weight is 299 g/mol. The fourth-order valence-electron chi connectivity index (χ4n) is 2.14. The number of aryl methyl sites for hydroxylation is 3. The number of ether oxygens (including phenoxy) is 1. The fraction of sp³-hybridized carbons (Fsp3) is 0.357. The fourth-order valence-corrected chi connectivity index (χ4v) is 2.14. The number of aromatic nitrogens is 7. The lowest BCUT2D eigenvalue weighted by Crippen LogP contribution is -2.07. The van der Waals surface area contributed by atoms with Crippen LogP contribution < -0.4 is 4.74 Å². The summed E-state index contributed by atoms with van der Waals surface area (Å²) in [5.41, 5.74) is 1.69. The van der Waals surface area contributed by atoms with Crippen LogP contribution in [0.2, 0.25) is 0 Å². The van der Waals surface area contributed by atoms with E-state index in [0.29, 0.717) is 12.4 Å². The van der Waals surface area contributed by atoms with Crippen LogP contribution in [0.15, 0.2) is 30.9 Å². The Hall–Kier alpha value is -2.77. The van der Waals surface area contributed by atoms with E-state index in [1.165, 1.54) is 0 Å². The van der Waals surface area contributed by atoms with Crippen molar-refractivity contribution in [3.05, 3.63) is 36.7 Å². The number of methoxy groups -OCH3 is 1. The maximum absolute atomic E-state index is 5.04. The predicted molar refractivity (Wildman–Crippen MR) is 79.2 cm³/mol. The highest BCUT2D eigenvalue weighted by atomic mass is 16.5. The Morgan fingerprint density at radius 3 is 2.86 bits per heavy atom. The molecule has 0 aliphatic carbocycles. The molecule has 0 spiro atoms. The maximum atomic E-state index is 5.04. The second-order valence-corrected chi connectivity index (χ2v) is 4.74. The molecule has 0 unspecified atom stereocenters. The normalized spacial score (nSPS) is 10.8. The zero-order chi connectivity index (χ0) is 15.4. The summed E-state index contributed by atoms with van der Waals surface area (Å²) in [6.45, 7) is 3.63. The van der Waals surface area contributed by atoms with E-state index in [2.05, 4.69) is 32.4 Å². The number of nitrogens with zero attached hydrogens (tertiary/aromatic N) is 7. The highest BCUT2D eigenvalue weighted by molar-refractivity contribution is 5.56. The highest BCUT2D eigenvalue weighted by Crippen LogP contribution is 2.17. The number of rotatable bonds is 6. The molecule has 0 saturated carbocycles. The number of pyridine rings is 1. The minimum Gasteiger partial charge on any atom is -0.481 e. The van der Waals surface area contributed by atoms with Gasteiger partial charge in [-0.15, -0.1) is 15.3 Å². The topological polar surface area (TPSA) is 83.5 Å². The standard InChI is InChI=1S/C14H17N7O/c1-3-20-10-16-18-13(20)6-7-21-9-12(17-19-21)11-4-5-14(22-2)15-8-11/h4-5,8-10H,3,6-7H2,1-2H3. The van der Waals surface area contributed by atoms with E-state index >= 15 is 0 Å². The quantitative estimate of drug-likeness (QED) is 0.680. The van der Waals surface area contributed by atoms with Crippen LogP contribution in [0, 0.1) is 0 Å². The van der Waals surface area contributed by atoms with Crippen LogP contribution in [-0.2, 0) is 19.5 Å². The predicted octanol–water partition coefficient (Wildman–Crippen LogP) is 1.20. The Balaban J connectivity index is 1.68. The SMILES string of the molecule is CCn1cnnc1CCn1cc(-c2ccc(OC)nc2)nn1. The van der Waals surface area contributed by atoms with Crippen molar-refractivity contribution >= 4 is 0 Å². The summed E-state index contributed by atoms with van der Waals surface area (Å²) in [5.74, 6) is 1.53. The van der Waals surface area contributed by atoms with Gasteiger partial charge in [-0.2, -0.15) is 0 Å². The smallest absolute Gasteiger partial charge is 0.212 e. The minimum absolute atomic E-state index is 0.579. The van der Waals surface area contributed by atoms with Gasteiger partial charge in [-0.3, -0.25) is 4.68 Å². The van der Waals surface area contributed by atoms with Crippen molar-refractivity contribution in [2.75, 3.05) is 7.11 Å². The van der Waals surface area contributed by atoms with Crippen molar-refractivity contribution in [3.63, 3.8) is 0 Å². The lowest BCUT2D eigenvalue weighted by molar-refractivity contribution is 0.398. The molecule has 3 aromatic rings. The van der Waals surface area contributed by atoms with E-state index in [0.717, 1.165) is 30.0 Å². The molecule has 0 atom stereocenters. The zero-order valence-corrected chi connectivity index (χ0v) is 12.5. The second-order valence-electron chi connectivity index (χ2n) is 4.74. The summed E-state index contributed by atoms with van der Waals surface area (Å²) in [4.78, 5) is 4.17. The molecule has 0 bridgehead atoms. The van der Waals surface area contributed by atoms with Gasteiger partial charge >= 0.3 is 0 Å². The highest BCUT2D eigenvalue weighted by Gasteiger charge is 2.07. The molecule has 8 nitrogen and oxygen atoms in total. The Kier molecular flexibility index (Phi) is 4.08. The molecule has 0 amide bonds. The van der Waals surface area contributed by atoms with Crippen LogP contribution in [-0.4, -0.2) is 41.9 Å².